The van der Waals surface area contributed by atoms with E-state index in [-0.39, 0.29) is 85.6 Å². The zero-order valence-electron chi connectivity index (χ0n) is 11.4. The Hall–Kier alpha value is 0.580. The van der Waals surface area contributed by atoms with Crippen LogP contribution in [0.25, 0.3) is 22.9 Å². The van der Waals surface area contributed by atoms with E-state index in [2.05, 4.69) is 0 Å². The van der Waals surface area contributed by atoms with Gasteiger partial charge in [0.1, 0.15) is 0 Å². The van der Waals surface area contributed by atoms with Crippen molar-refractivity contribution < 1.29 is 105 Å². The second-order valence-electron chi connectivity index (χ2n) is 2.22. The molecule has 0 radical (unpaired) electrons. The zero-order valence-corrected chi connectivity index (χ0v) is 21.7. The first-order valence-corrected chi connectivity index (χ1v) is 3.82. The Balaban J connectivity index is -0.0000000150. The minimum Gasteiger partial charge on any atom is -1.00 e. The molecule has 0 unspecified atom stereocenters. The maximum atomic E-state index is 9.11. The van der Waals surface area contributed by atoms with Gasteiger partial charge in [0, 0.05) is 75.3 Å². The monoisotopic (exact) mass is 750 g/mol. The van der Waals surface area contributed by atoms with Gasteiger partial charge >= 0.3 is 0 Å². The number of amides is 4. The fourth-order valence-electron chi connectivity index (χ4n) is 0. The molecule has 0 aliphatic heterocycles. The molecule has 0 spiro atoms. The minimum atomic E-state index is -0.583. The van der Waals surface area contributed by atoms with Crippen LogP contribution in [0.4, 0.5) is 0 Å². The average molecular weight is 749 g/mol. The molecule has 0 fully saturated rings. The van der Waals surface area contributed by atoms with Gasteiger partial charge in [0.2, 0.25) is 0 Å². The number of halogens is 2. The molecule has 4 N–H and O–H groups in total. The third-order valence-corrected chi connectivity index (χ3v) is 0. The molecule has 0 aliphatic rings. The molecular formula is C8H16Br2Hf2N4O4-6. The number of hydrogen-bond donors (Lipinski definition) is 0. The van der Waals surface area contributed by atoms with Crippen molar-refractivity contribution in [2.75, 3.05) is 0 Å². The summed E-state index contributed by atoms with van der Waals surface area (Å²) in [5, 5.41) is 0. The molecule has 0 atom stereocenters. The van der Waals surface area contributed by atoms with E-state index in [1.165, 1.54) is 27.7 Å². The summed E-state index contributed by atoms with van der Waals surface area (Å²) in [5.74, 6) is -2.33. The molecule has 0 aromatic heterocycles. The van der Waals surface area contributed by atoms with Crippen LogP contribution in [0, 0.1) is 0 Å². The van der Waals surface area contributed by atoms with E-state index >= 15 is 0 Å². The van der Waals surface area contributed by atoms with Crippen LogP contribution >= 0.6 is 0 Å². The Morgan fingerprint density at radius 3 is 0.500 bits per heavy atom. The van der Waals surface area contributed by atoms with E-state index in [1.54, 1.807) is 0 Å². The van der Waals surface area contributed by atoms with Gasteiger partial charge in [-0.15, -0.1) is 0 Å². The maximum Gasteiger partial charge on any atom is 0.0456 e. The number of hydrogen-bond acceptors (Lipinski definition) is 4. The van der Waals surface area contributed by atoms with E-state index in [4.69, 9.17) is 42.1 Å². The topological polar surface area (TPSA) is 163 Å². The van der Waals surface area contributed by atoms with Gasteiger partial charge in [-0.1, -0.05) is 0 Å². The fraction of sp³-hybridized carbons (Fsp3) is 0.500. The molecule has 0 saturated carbocycles. The predicted octanol–water partition coefficient (Wildman–Crippen LogP) is -3.66. The van der Waals surface area contributed by atoms with Gasteiger partial charge in [-0.25, -0.2) is 0 Å². The molecule has 0 aromatic carbocycles. The SMILES string of the molecule is CC([NH-])=O.CC([NH-])=O.CC([NH-])=O.CC([NH-])=O.[Br-].[Br-].[Hf].[Hf]. The molecule has 0 bridgehead atoms. The van der Waals surface area contributed by atoms with Crippen molar-refractivity contribution in [1.29, 1.82) is 0 Å². The third kappa shape index (κ3) is 17100. The van der Waals surface area contributed by atoms with Crippen molar-refractivity contribution in [3.63, 3.8) is 0 Å². The molecule has 12 heteroatoms. The zero-order chi connectivity index (χ0) is 14.3. The van der Waals surface area contributed by atoms with Crippen molar-refractivity contribution in [2.45, 2.75) is 27.7 Å². The second kappa shape index (κ2) is 42.7. The van der Waals surface area contributed by atoms with Gasteiger partial charge in [0.25, 0.3) is 0 Å². The molecule has 0 saturated heterocycles. The number of rotatable bonds is 0. The van der Waals surface area contributed by atoms with Crippen LogP contribution in [0.15, 0.2) is 0 Å². The van der Waals surface area contributed by atoms with Crippen LogP contribution in [0.3, 0.4) is 0 Å². The molecule has 4 amide bonds. The molecule has 8 nitrogen and oxygen atoms in total. The first-order chi connectivity index (χ1) is 6.93. The Kier molecular flexibility index (Phi) is 106. The van der Waals surface area contributed by atoms with E-state index in [9.17, 15) is 0 Å². The summed E-state index contributed by atoms with van der Waals surface area (Å²) >= 11 is 0. The van der Waals surface area contributed by atoms with E-state index in [0.29, 0.717) is 0 Å². The summed E-state index contributed by atoms with van der Waals surface area (Å²) in [4.78, 5) is 36.4. The summed E-state index contributed by atoms with van der Waals surface area (Å²) in [6, 6.07) is 0. The number of carbonyl (C=O) groups excluding carboxylic acids is 4. The molecule has 0 rings (SSSR count). The van der Waals surface area contributed by atoms with Gasteiger partial charge in [0.05, 0.1) is 0 Å². The Labute approximate surface area is 177 Å². The minimum absolute atomic E-state index is 0. The molecular weight excluding hydrogens is 733 g/mol. The smallest absolute Gasteiger partial charge is 0.0456 e. The molecule has 0 aliphatic carbocycles. The molecule has 20 heavy (non-hydrogen) atoms. The maximum absolute atomic E-state index is 9.11. The van der Waals surface area contributed by atoms with Crippen molar-refractivity contribution in [2.24, 2.45) is 0 Å². The summed E-state index contributed by atoms with van der Waals surface area (Å²) in [6.07, 6.45) is 0. The van der Waals surface area contributed by atoms with Gasteiger partial charge in [-0.3, -0.25) is 0 Å². The van der Waals surface area contributed by atoms with Gasteiger partial charge in [-0.05, 0) is 27.7 Å². The predicted molar refractivity (Wildman–Crippen MR) is 60.0 cm³/mol. The summed E-state index contributed by atoms with van der Waals surface area (Å²) < 4.78 is 0. The summed E-state index contributed by atoms with van der Waals surface area (Å²) in [7, 11) is 0. The summed E-state index contributed by atoms with van der Waals surface area (Å²) in [5.41, 5.74) is 23.8. The largest absolute Gasteiger partial charge is 1.00 e. The van der Waals surface area contributed by atoms with E-state index in [0.717, 1.165) is 0 Å². The number of nitrogens with one attached hydrogen (secondary N) is 4. The Morgan fingerprint density at radius 2 is 0.500 bits per heavy atom. The second-order valence-corrected chi connectivity index (χ2v) is 2.22. The van der Waals surface area contributed by atoms with Crippen LogP contribution in [0.5, 0.6) is 0 Å². The Bertz CT molecular complexity index is 183. The third-order valence-electron chi connectivity index (χ3n) is 0. The average Bonchev–Trinajstić information content (AvgIpc) is 1.76. The van der Waals surface area contributed by atoms with Crippen molar-refractivity contribution in [1.82, 2.24) is 0 Å². The molecule has 0 aromatic rings. The normalized spacial score (nSPS) is 5.00. The van der Waals surface area contributed by atoms with Crippen LogP contribution < -0.4 is 34.0 Å². The van der Waals surface area contributed by atoms with Crippen LogP contribution in [-0.2, 0) is 70.9 Å². The fourth-order valence-corrected chi connectivity index (χ4v) is 0. The van der Waals surface area contributed by atoms with Crippen LogP contribution in [0.2, 0.25) is 0 Å². The van der Waals surface area contributed by atoms with E-state index < -0.39 is 23.6 Å². The number of carbonyl (C=O) groups is 4. The molecule has 0 heterocycles. The van der Waals surface area contributed by atoms with Crippen molar-refractivity contribution in [3.05, 3.63) is 22.9 Å². The van der Waals surface area contributed by atoms with Crippen molar-refractivity contribution >= 4 is 23.6 Å². The van der Waals surface area contributed by atoms with Crippen molar-refractivity contribution in [3.8, 4) is 0 Å². The Morgan fingerprint density at radius 1 is 0.500 bits per heavy atom. The first kappa shape index (κ1) is 49.9. The molecule has 120 valence electrons. The summed E-state index contributed by atoms with van der Waals surface area (Å²) in [6.45, 7) is 4.78. The first-order valence-electron chi connectivity index (χ1n) is 3.82. The standard InChI is InChI=1S/4C2H5NO.2BrH.2Hf/c4*1-2(3)4;;;;/h4*1H3,(H2,3,4);2*1H;;/p-6. The van der Waals surface area contributed by atoms with E-state index in [1.807, 2.05) is 0 Å². The van der Waals surface area contributed by atoms with Crippen LogP contribution in [-0.4, -0.2) is 23.6 Å². The van der Waals surface area contributed by atoms with Gasteiger partial charge in [0.15, 0.2) is 0 Å². The quantitative estimate of drug-likeness (QED) is 0.234. The van der Waals surface area contributed by atoms with Crippen LogP contribution in [0.1, 0.15) is 27.7 Å². The van der Waals surface area contributed by atoms with Gasteiger partial charge in [-0.2, -0.15) is 0 Å². The van der Waals surface area contributed by atoms with Gasteiger partial charge < -0.3 is 76.1 Å².